The minimum Gasteiger partial charge on any atom is -0.480 e. The van der Waals surface area contributed by atoms with Crippen molar-refractivity contribution >= 4 is 69.1 Å². The molecule has 5 rings (SSSR count). The molecule has 2 aromatic carbocycles. The highest BCUT2D eigenvalue weighted by molar-refractivity contribution is 5.98. The fourth-order valence-electron chi connectivity index (χ4n) is 8.63. The summed E-state index contributed by atoms with van der Waals surface area (Å²) in [6.45, 7) is 4.96. The fourth-order valence-corrected chi connectivity index (χ4v) is 8.63. The Balaban J connectivity index is 1.34. The van der Waals surface area contributed by atoms with Gasteiger partial charge in [0.15, 0.2) is 0 Å². The summed E-state index contributed by atoms with van der Waals surface area (Å²) in [6.07, 6.45) is 8.09. The molecule has 7 amide bonds. The number of nitrogens with one attached hydrogen (secondary N) is 10. The number of nitrogens with zero attached hydrogens (tertiary/aromatic N) is 1. The summed E-state index contributed by atoms with van der Waals surface area (Å²) in [5, 5.41) is 40.0. The Morgan fingerprint density at radius 3 is 1.51 bits per heavy atom. The van der Waals surface area contributed by atoms with Gasteiger partial charge >= 0.3 is 5.97 Å². The Hall–Kier alpha value is -7.67. The number of carbonyl (C=O) groups is 8. The molecule has 0 saturated heterocycles. The molecule has 3 aromatic heterocycles. The number of aliphatic hydroxyl groups is 1. The highest BCUT2D eigenvalue weighted by atomic mass is 16.4. The van der Waals surface area contributed by atoms with Gasteiger partial charge in [0.1, 0.15) is 48.3 Å². The van der Waals surface area contributed by atoms with Crippen molar-refractivity contribution in [2.45, 2.75) is 133 Å². The van der Waals surface area contributed by atoms with Crippen molar-refractivity contribution in [1.82, 2.24) is 57.2 Å². The number of nitrogens with two attached hydrogens (primary N) is 3. The largest absolute Gasteiger partial charge is 0.480 e. The number of hydrogen-bond acceptors (Lipinski definition) is 13. The topological polar surface area (TPSA) is 400 Å². The van der Waals surface area contributed by atoms with Crippen molar-refractivity contribution in [3.05, 3.63) is 90.3 Å². The summed E-state index contributed by atoms with van der Waals surface area (Å²) in [6, 6.07) is 4.47. The van der Waals surface area contributed by atoms with Gasteiger partial charge in [-0.1, -0.05) is 50.2 Å². The van der Waals surface area contributed by atoms with Crippen LogP contribution in [0.25, 0.3) is 21.8 Å². The van der Waals surface area contributed by atoms with Crippen LogP contribution in [0.3, 0.4) is 0 Å². The number of rotatable bonds is 32. The third-order valence-corrected chi connectivity index (χ3v) is 12.8. The van der Waals surface area contributed by atoms with E-state index in [0.29, 0.717) is 49.0 Å². The van der Waals surface area contributed by atoms with E-state index in [-0.39, 0.29) is 51.0 Å². The van der Waals surface area contributed by atoms with Crippen LogP contribution in [0, 0.1) is 5.92 Å². The number of aliphatic hydroxyl groups excluding tert-OH is 1. The highest BCUT2D eigenvalue weighted by Crippen LogP contribution is 2.21. The summed E-state index contributed by atoms with van der Waals surface area (Å²) in [5.74, 6) is -6.76. The maximum Gasteiger partial charge on any atom is 0.326 e. The van der Waals surface area contributed by atoms with Crippen LogP contribution < -0.4 is 54.4 Å². The number of aliphatic carboxylic acids is 1. The van der Waals surface area contributed by atoms with Gasteiger partial charge in [0.05, 0.1) is 12.9 Å². The van der Waals surface area contributed by atoms with Crippen LogP contribution in [0.4, 0.5) is 0 Å². The molecular weight excluding hydrogens is 981 g/mol. The van der Waals surface area contributed by atoms with Crippen molar-refractivity contribution in [2.24, 2.45) is 23.1 Å². The lowest BCUT2D eigenvalue weighted by Crippen LogP contribution is -2.60. The van der Waals surface area contributed by atoms with E-state index in [2.05, 4.69) is 57.2 Å². The lowest BCUT2D eigenvalue weighted by Gasteiger charge is -2.27. The van der Waals surface area contributed by atoms with E-state index in [1.54, 1.807) is 12.4 Å². The van der Waals surface area contributed by atoms with E-state index < -0.39 is 102 Å². The minimum atomic E-state index is -1.35. The van der Waals surface area contributed by atoms with Gasteiger partial charge in [0, 0.05) is 65.4 Å². The van der Waals surface area contributed by atoms with Crippen molar-refractivity contribution in [3.63, 3.8) is 0 Å². The van der Waals surface area contributed by atoms with Gasteiger partial charge in [-0.15, -0.1) is 0 Å². The number of benzene rings is 2. The van der Waals surface area contributed by atoms with Gasteiger partial charge in [-0.05, 0) is 94.1 Å². The van der Waals surface area contributed by atoms with Gasteiger partial charge < -0.3 is 79.6 Å². The average molecular weight is 1060 g/mol. The van der Waals surface area contributed by atoms with Gasteiger partial charge in [-0.25, -0.2) is 9.78 Å². The number of para-hydroxylation sites is 2. The maximum atomic E-state index is 14.6. The van der Waals surface area contributed by atoms with Crippen LogP contribution in [0.2, 0.25) is 0 Å². The number of aromatic nitrogens is 4. The number of hydrogen-bond donors (Lipinski definition) is 15. The Morgan fingerprint density at radius 1 is 0.553 bits per heavy atom. The molecule has 0 aliphatic carbocycles. The molecule has 0 saturated carbocycles. The van der Waals surface area contributed by atoms with Gasteiger partial charge in [-0.2, -0.15) is 0 Å². The third kappa shape index (κ3) is 17.5. The Kier molecular flexibility index (Phi) is 22.9. The van der Waals surface area contributed by atoms with E-state index >= 15 is 0 Å². The molecule has 0 aliphatic rings. The van der Waals surface area contributed by atoms with Crippen LogP contribution in [0.1, 0.15) is 82.5 Å². The summed E-state index contributed by atoms with van der Waals surface area (Å²) < 4.78 is 0. The number of fused-ring (bicyclic) bond motifs is 2. The molecule has 24 nitrogen and oxygen atoms in total. The summed E-state index contributed by atoms with van der Waals surface area (Å²) >= 11 is 0. The molecule has 0 fully saturated rings. The molecule has 0 spiro atoms. The van der Waals surface area contributed by atoms with E-state index in [9.17, 15) is 48.6 Å². The summed E-state index contributed by atoms with van der Waals surface area (Å²) in [5.41, 5.74) is 20.6. The summed E-state index contributed by atoms with van der Waals surface area (Å²) in [4.78, 5) is 123. The first-order chi connectivity index (χ1) is 36.4. The molecule has 76 heavy (non-hydrogen) atoms. The molecule has 0 aliphatic heterocycles. The van der Waals surface area contributed by atoms with Crippen molar-refractivity contribution in [1.29, 1.82) is 0 Å². The van der Waals surface area contributed by atoms with Crippen molar-refractivity contribution < 1.29 is 48.6 Å². The molecule has 0 unspecified atom stereocenters. The number of H-pyrrole nitrogens is 3. The van der Waals surface area contributed by atoms with Crippen LogP contribution in [0.15, 0.2) is 73.4 Å². The van der Waals surface area contributed by atoms with E-state index in [1.165, 1.54) is 19.4 Å². The van der Waals surface area contributed by atoms with Crippen LogP contribution >= 0.6 is 0 Å². The van der Waals surface area contributed by atoms with Crippen molar-refractivity contribution in [3.8, 4) is 0 Å². The lowest BCUT2D eigenvalue weighted by molar-refractivity contribution is -0.142. The predicted molar refractivity (Wildman–Crippen MR) is 283 cm³/mol. The second kappa shape index (κ2) is 29.4. The zero-order valence-electron chi connectivity index (χ0n) is 43.2. The number of carbonyl (C=O) groups excluding carboxylic acids is 7. The quantitative estimate of drug-likeness (QED) is 0.0242. The predicted octanol–water partition coefficient (Wildman–Crippen LogP) is -0.478. The molecule has 8 atom stereocenters. The minimum absolute atomic E-state index is 0.0462. The molecule has 0 bridgehead atoms. The molecular formula is C52H74N14O10. The first kappa shape index (κ1) is 59.2. The Morgan fingerprint density at radius 2 is 1.00 bits per heavy atom. The number of carboxylic acid groups (broad SMARTS) is 1. The number of amides is 7. The van der Waals surface area contributed by atoms with E-state index in [0.717, 1.165) is 21.8 Å². The number of unbranched alkanes of at least 4 members (excludes halogenated alkanes) is 2. The standard InChI is InChI=1S/C52H74N14O10/c1-29(2)20-41(49(72)66-44(52(75)76)22-32-25-58-38-15-7-5-13-35(32)38)64-50(73)42(21-31-24-57-37-14-6-4-12-34(31)37)65-48(71)40(17-9-11-19-54)61-45(68)30(3)60-47(70)39(16-8-10-18-53)62-51(74)43(23-33-26-56-28-59-33)63-46(69)36(55)27-67/h4-7,12-15,24-26,28-30,36,39-44,57-58,67H,8-11,16-23,27,53-55H2,1-3H3,(H,56,59)(H,60,70)(H,61,68)(H,62,74)(H,63,69)(H,64,73)(H,65,71)(H,66,72)(H,75,76)/t30-,36-,39-,40-,41-,42-,43-,44-/m0/s1. The molecule has 5 aromatic rings. The zero-order chi connectivity index (χ0) is 55.3. The first-order valence-corrected chi connectivity index (χ1v) is 25.6. The average Bonchev–Trinajstić information content (AvgIpc) is 4.18. The van der Waals surface area contributed by atoms with Gasteiger partial charge in [0.25, 0.3) is 0 Å². The third-order valence-electron chi connectivity index (χ3n) is 12.8. The SMILES string of the molecule is CC(C)C[C@H](NC(=O)[C@H](Cc1c[nH]c2ccccc12)NC(=O)[C@H](CCCCN)NC(=O)[C@H](C)NC(=O)[C@H](CCCCN)NC(=O)[C@H](Cc1cnc[nH]1)NC(=O)[C@@H](N)CO)C(=O)N[C@@H](Cc1c[nH]c2ccccc12)C(=O)O. The van der Waals surface area contributed by atoms with Crippen LogP contribution in [0.5, 0.6) is 0 Å². The Bertz CT molecular complexity index is 2720. The van der Waals surface area contributed by atoms with Crippen molar-refractivity contribution in [2.75, 3.05) is 19.7 Å². The number of carboxylic acids is 1. The highest BCUT2D eigenvalue weighted by Gasteiger charge is 2.35. The monoisotopic (exact) mass is 1050 g/mol. The van der Waals surface area contributed by atoms with E-state index in [4.69, 9.17) is 17.2 Å². The second-order valence-corrected chi connectivity index (χ2v) is 19.3. The molecule has 18 N–H and O–H groups in total. The summed E-state index contributed by atoms with van der Waals surface area (Å²) in [7, 11) is 0. The molecule has 412 valence electrons. The fraction of sp³-hybridized carbons (Fsp3) is 0.481. The number of imidazole rings is 1. The lowest BCUT2D eigenvalue weighted by atomic mass is 9.99. The first-order valence-electron chi connectivity index (χ1n) is 25.6. The van der Waals surface area contributed by atoms with Crippen LogP contribution in [-0.4, -0.2) is 145 Å². The van der Waals surface area contributed by atoms with Gasteiger partial charge in [-0.3, -0.25) is 33.6 Å². The maximum absolute atomic E-state index is 14.6. The molecule has 3 heterocycles. The smallest absolute Gasteiger partial charge is 0.326 e. The zero-order valence-corrected chi connectivity index (χ0v) is 43.2. The van der Waals surface area contributed by atoms with Crippen LogP contribution in [-0.2, 0) is 57.6 Å². The second-order valence-electron chi connectivity index (χ2n) is 19.3. The number of aromatic amines is 3. The van der Waals surface area contributed by atoms with Gasteiger partial charge in [0.2, 0.25) is 41.4 Å². The normalized spacial score (nSPS) is 14.6. The molecule has 0 radical (unpaired) electrons. The Labute approximate surface area is 440 Å². The molecule has 24 heteroatoms. The van der Waals surface area contributed by atoms with E-state index in [1.807, 2.05) is 62.4 Å².